The van der Waals surface area contributed by atoms with Crippen LogP contribution in [0.3, 0.4) is 0 Å². The van der Waals surface area contributed by atoms with E-state index in [9.17, 15) is 26.3 Å². The molecule has 0 N–H and O–H groups in total. The summed E-state index contributed by atoms with van der Waals surface area (Å²) < 4.78 is 93.7. The van der Waals surface area contributed by atoms with Gasteiger partial charge in [-0.05, 0) is 70.8 Å². The molecule has 0 aliphatic carbocycles. The maximum absolute atomic E-state index is 14.3. The fourth-order valence-electron chi connectivity index (χ4n) is 5.11. The van der Waals surface area contributed by atoms with Gasteiger partial charge in [0.15, 0.2) is 11.5 Å². The summed E-state index contributed by atoms with van der Waals surface area (Å²) in [5, 5.41) is 0. The summed E-state index contributed by atoms with van der Waals surface area (Å²) in [4.78, 5) is 10.7. The van der Waals surface area contributed by atoms with Crippen LogP contribution in [0, 0.1) is 0 Å². The van der Waals surface area contributed by atoms with E-state index in [1.807, 2.05) is 36.4 Å². The molecule has 0 fully saturated rings. The van der Waals surface area contributed by atoms with Crippen LogP contribution >= 0.6 is 0 Å². The second kappa shape index (κ2) is 13.1. The molecule has 0 aromatic heterocycles. The SMILES string of the molecule is COc1ccc(C(C(CC(F)(F)F)c2ccc(OOc3ccc(C(C)(C)c4ccc(OC)cc4)cc3)cc2)C(F)(F)F)cc1. The first-order chi connectivity index (χ1) is 20.7. The molecule has 10 heteroatoms. The molecule has 234 valence electrons. The number of hydrogen-bond acceptors (Lipinski definition) is 4. The maximum atomic E-state index is 14.3. The predicted molar refractivity (Wildman–Crippen MR) is 154 cm³/mol. The summed E-state index contributed by atoms with van der Waals surface area (Å²) in [5.74, 6) is -2.82. The van der Waals surface area contributed by atoms with Crippen molar-refractivity contribution in [3.05, 3.63) is 119 Å². The van der Waals surface area contributed by atoms with Gasteiger partial charge in [-0.15, -0.1) is 0 Å². The predicted octanol–water partition coefficient (Wildman–Crippen LogP) is 9.78. The van der Waals surface area contributed by atoms with Crippen LogP contribution in [0.4, 0.5) is 26.3 Å². The number of methoxy groups -OCH3 is 2. The van der Waals surface area contributed by atoms with E-state index in [0.29, 0.717) is 11.5 Å². The average Bonchev–Trinajstić information content (AvgIpc) is 2.99. The van der Waals surface area contributed by atoms with E-state index in [0.717, 1.165) is 29.0 Å². The zero-order valence-electron chi connectivity index (χ0n) is 24.5. The molecule has 2 atom stereocenters. The molecule has 4 nitrogen and oxygen atoms in total. The lowest BCUT2D eigenvalue weighted by Gasteiger charge is -2.31. The molecule has 0 saturated heterocycles. The third kappa shape index (κ3) is 7.98. The number of hydrogen-bond donors (Lipinski definition) is 0. The van der Waals surface area contributed by atoms with E-state index < -0.39 is 30.6 Å². The minimum atomic E-state index is -4.95. The Morgan fingerprint density at radius 3 is 1.27 bits per heavy atom. The minimum absolute atomic E-state index is 0.107. The Balaban J connectivity index is 1.50. The van der Waals surface area contributed by atoms with Gasteiger partial charge in [-0.3, -0.25) is 9.78 Å². The lowest BCUT2D eigenvalue weighted by Crippen LogP contribution is -2.30. The van der Waals surface area contributed by atoms with Gasteiger partial charge < -0.3 is 9.47 Å². The highest BCUT2D eigenvalue weighted by Gasteiger charge is 2.49. The van der Waals surface area contributed by atoms with Gasteiger partial charge in [0.05, 0.1) is 26.6 Å². The lowest BCUT2D eigenvalue weighted by molar-refractivity contribution is -0.175. The van der Waals surface area contributed by atoms with Gasteiger partial charge >= 0.3 is 12.4 Å². The number of rotatable bonds is 11. The molecule has 4 aromatic carbocycles. The lowest BCUT2D eigenvalue weighted by atomic mass is 9.78. The van der Waals surface area contributed by atoms with Gasteiger partial charge in [-0.25, -0.2) is 0 Å². The molecule has 0 heterocycles. The van der Waals surface area contributed by atoms with Crippen molar-refractivity contribution < 1.29 is 45.6 Å². The molecule has 44 heavy (non-hydrogen) atoms. The number of ether oxygens (including phenoxy) is 2. The van der Waals surface area contributed by atoms with Crippen molar-refractivity contribution in [1.29, 1.82) is 0 Å². The molecule has 0 saturated carbocycles. The normalized spacial score (nSPS) is 13.6. The Kier molecular flexibility index (Phi) is 9.71. The molecule has 2 unspecified atom stereocenters. The van der Waals surface area contributed by atoms with Crippen LogP contribution < -0.4 is 19.2 Å². The third-order valence-electron chi connectivity index (χ3n) is 7.61. The number of alkyl halides is 6. The smallest absolute Gasteiger partial charge is 0.396 e. The van der Waals surface area contributed by atoms with Crippen molar-refractivity contribution >= 4 is 0 Å². The molecule has 4 aromatic rings. The van der Waals surface area contributed by atoms with Crippen molar-refractivity contribution in [2.75, 3.05) is 14.2 Å². The van der Waals surface area contributed by atoms with Crippen molar-refractivity contribution in [2.45, 2.75) is 49.9 Å². The minimum Gasteiger partial charge on any atom is -0.497 e. The third-order valence-corrected chi connectivity index (χ3v) is 7.61. The molecule has 0 spiro atoms. The van der Waals surface area contributed by atoms with Crippen LogP contribution in [0.5, 0.6) is 23.0 Å². The Morgan fingerprint density at radius 1 is 0.523 bits per heavy atom. The standard InChI is InChI=1S/C34H32F6O4/c1-32(2,24-9-17-27(42-4)18-10-24)25-11-19-29(20-12-25)44-43-28-15-5-22(6-16-28)30(21-33(35,36)37)31(34(38,39)40)23-7-13-26(41-3)14-8-23/h5-20,30-31H,21H2,1-4H3. The second-order valence-electron chi connectivity index (χ2n) is 10.8. The highest BCUT2D eigenvalue weighted by Crippen LogP contribution is 2.49. The molecule has 0 radical (unpaired) electrons. The quantitative estimate of drug-likeness (QED) is 0.0953. The largest absolute Gasteiger partial charge is 0.497 e. The summed E-state index contributed by atoms with van der Waals surface area (Å²) in [6.07, 6.45) is -11.5. The highest BCUT2D eigenvalue weighted by atomic mass is 19.4. The second-order valence-corrected chi connectivity index (χ2v) is 10.8. The molecule has 0 amide bonds. The van der Waals surface area contributed by atoms with Crippen molar-refractivity contribution in [1.82, 2.24) is 0 Å². The molecule has 0 aliphatic heterocycles. The Hall–Kier alpha value is -4.34. The van der Waals surface area contributed by atoms with E-state index in [4.69, 9.17) is 19.2 Å². The monoisotopic (exact) mass is 618 g/mol. The fraction of sp³-hybridized carbons (Fsp3) is 0.294. The van der Waals surface area contributed by atoms with Crippen LogP contribution in [0.2, 0.25) is 0 Å². The van der Waals surface area contributed by atoms with E-state index in [2.05, 4.69) is 13.8 Å². The highest BCUT2D eigenvalue weighted by molar-refractivity contribution is 5.42. The number of benzene rings is 4. The fourth-order valence-corrected chi connectivity index (χ4v) is 5.11. The molecule has 0 aliphatic rings. The molecular weight excluding hydrogens is 586 g/mol. The van der Waals surface area contributed by atoms with Gasteiger partial charge in [-0.1, -0.05) is 62.4 Å². The zero-order chi connectivity index (χ0) is 32.1. The van der Waals surface area contributed by atoms with E-state index in [-0.39, 0.29) is 22.3 Å². The summed E-state index contributed by atoms with van der Waals surface area (Å²) in [7, 11) is 2.95. The van der Waals surface area contributed by atoms with E-state index in [1.54, 1.807) is 19.2 Å². The van der Waals surface area contributed by atoms with Gasteiger partial charge in [0.25, 0.3) is 0 Å². The number of halogens is 6. The summed E-state index contributed by atoms with van der Waals surface area (Å²) in [6.45, 7) is 4.15. The van der Waals surface area contributed by atoms with Crippen LogP contribution in [0.15, 0.2) is 97.1 Å². The van der Waals surface area contributed by atoms with Gasteiger partial charge in [0, 0.05) is 11.3 Å². The summed E-state index contributed by atoms with van der Waals surface area (Å²) in [6, 6.07) is 24.7. The maximum Gasteiger partial charge on any atom is 0.396 e. The van der Waals surface area contributed by atoms with Crippen LogP contribution in [0.1, 0.15) is 54.4 Å². The zero-order valence-corrected chi connectivity index (χ0v) is 24.5. The van der Waals surface area contributed by atoms with Crippen LogP contribution in [0.25, 0.3) is 0 Å². The Bertz CT molecular complexity index is 1480. The van der Waals surface area contributed by atoms with E-state index >= 15 is 0 Å². The Labute approximate surface area is 252 Å². The van der Waals surface area contributed by atoms with Gasteiger partial charge in [-0.2, -0.15) is 26.3 Å². The van der Waals surface area contributed by atoms with Crippen molar-refractivity contribution in [2.24, 2.45) is 0 Å². The molecule has 4 rings (SSSR count). The summed E-state index contributed by atoms with van der Waals surface area (Å²) in [5.41, 5.74) is 1.32. The first kappa shape index (κ1) is 32.6. The van der Waals surface area contributed by atoms with Gasteiger partial charge in [0.2, 0.25) is 0 Å². The Morgan fingerprint density at radius 2 is 0.886 bits per heavy atom. The van der Waals surface area contributed by atoms with Crippen molar-refractivity contribution in [3.63, 3.8) is 0 Å². The molecule has 0 bridgehead atoms. The average molecular weight is 619 g/mol. The van der Waals surface area contributed by atoms with Crippen LogP contribution in [-0.2, 0) is 5.41 Å². The van der Waals surface area contributed by atoms with E-state index in [1.165, 1.54) is 43.5 Å². The van der Waals surface area contributed by atoms with Crippen LogP contribution in [-0.4, -0.2) is 26.6 Å². The van der Waals surface area contributed by atoms with Gasteiger partial charge in [0.1, 0.15) is 11.5 Å². The summed E-state index contributed by atoms with van der Waals surface area (Å²) >= 11 is 0. The first-order valence-electron chi connectivity index (χ1n) is 13.7. The topological polar surface area (TPSA) is 36.9 Å². The van der Waals surface area contributed by atoms with Crippen molar-refractivity contribution in [3.8, 4) is 23.0 Å². The molecular formula is C34H32F6O4. The first-order valence-corrected chi connectivity index (χ1v) is 13.7.